The second-order valence-electron chi connectivity index (χ2n) is 6.33. The minimum absolute atomic E-state index is 0.0498. The number of nitrogens with zero attached hydrogens (tertiary/aromatic N) is 3. The fourth-order valence-corrected chi connectivity index (χ4v) is 3.43. The summed E-state index contributed by atoms with van der Waals surface area (Å²) in [5, 5.41) is 10.8. The monoisotopic (exact) mass is 480 g/mol. The SMILES string of the molecule is FC(F)(F)CCCn1nnc2c(Br)c(NCc3ccccc3C(F)(F)F)ccc21. The number of hydrogen-bond donors (Lipinski definition) is 1. The summed E-state index contributed by atoms with van der Waals surface area (Å²) in [7, 11) is 0. The van der Waals surface area contributed by atoms with Crippen molar-refractivity contribution in [1.82, 2.24) is 15.0 Å². The highest BCUT2D eigenvalue weighted by atomic mass is 79.9. The summed E-state index contributed by atoms with van der Waals surface area (Å²) in [4.78, 5) is 0. The normalized spacial score (nSPS) is 12.5. The number of nitrogens with one attached hydrogen (secondary N) is 1. The van der Waals surface area contributed by atoms with E-state index < -0.39 is 24.3 Å². The van der Waals surface area contributed by atoms with Gasteiger partial charge in [-0.05, 0) is 46.1 Å². The second kappa shape index (κ2) is 8.21. The Bertz CT molecular complexity index is 996. The van der Waals surface area contributed by atoms with Crippen molar-refractivity contribution in [1.29, 1.82) is 0 Å². The maximum Gasteiger partial charge on any atom is 0.416 e. The molecule has 0 spiro atoms. The van der Waals surface area contributed by atoms with Crippen LogP contribution in [-0.2, 0) is 19.3 Å². The molecule has 0 aliphatic heterocycles. The number of hydrogen-bond acceptors (Lipinski definition) is 3. The summed E-state index contributed by atoms with van der Waals surface area (Å²) in [6.45, 7) is -0.0201. The molecule has 1 N–H and O–H groups in total. The van der Waals surface area contributed by atoms with Gasteiger partial charge in [0.25, 0.3) is 0 Å². The molecule has 156 valence electrons. The summed E-state index contributed by atoms with van der Waals surface area (Å²) < 4.78 is 78.1. The van der Waals surface area contributed by atoms with Crippen molar-refractivity contribution in [2.24, 2.45) is 0 Å². The van der Waals surface area contributed by atoms with Crippen LogP contribution in [0.25, 0.3) is 11.0 Å². The van der Waals surface area contributed by atoms with Crippen molar-refractivity contribution in [2.75, 3.05) is 5.32 Å². The molecule has 0 radical (unpaired) electrons. The van der Waals surface area contributed by atoms with Crippen LogP contribution in [0.3, 0.4) is 0 Å². The van der Waals surface area contributed by atoms with Gasteiger partial charge in [-0.2, -0.15) is 26.3 Å². The van der Waals surface area contributed by atoms with Crippen LogP contribution in [0.15, 0.2) is 40.9 Å². The molecule has 3 rings (SSSR count). The van der Waals surface area contributed by atoms with E-state index in [1.54, 1.807) is 12.1 Å². The molecule has 0 aliphatic carbocycles. The molecular weight excluding hydrogens is 466 g/mol. The fourth-order valence-electron chi connectivity index (χ4n) is 2.88. The number of aryl methyl sites for hydroxylation is 1. The Morgan fingerprint density at radius 2 is 1.72 bits per heavy atom. The molecule has 0 fully saturated rings. The summed E-state index contributed by atoms with van der Waals surface area (Å²) in [6.07, 6.45) is -9.75. The summed E-state index contributed by atoms with van der Waals surface area (Å²) in [5.74, 6) is 0. The van der Waals surface area contributed by atoms with Gasteiger partial charge >= 0.3 is 12.4 Å². The van der Waals surface area contributed by atoms with Gasteiger partial charge in [0.05, 0.1) is 21.2 Å². The topological polar surface area (TPSA) is 42.7 Å². The summed E-state index contributed by atoms with van der Waals surface area (Å²) >= 11 is 3.35. The van der Waals surface area contributed by atoms with Gasteiger partial charge in [-0.1, -0.05) is 23.4 Å². The molecule has 3 aromatic rings. The van der Waals surface area contributed by atoms with Crippen LogP contribution in [0, 0.1) is 0 Å². The molecule has 1 heterocycles. The zero-order valence-electron chi connectivity index (χ0n) is 14.8. The van der Waals surface area contributed by atoms with Gasteiger partial charge < -0.3 is 5.32 Å². The average Bonchev–Trinajstić information content (AvgIpc) is 3.03. The van der Waals surface area contributed by atoms with Gasteiger partial charge in [-0.15, -0.1) is 5.10 Å². The van der Waals surface area contributed by atoms with Gasteiger partial charge in [0.15, 0.2) is 0 Å². The Hall–Kier alpha value is -2.30. The predicted molar refractivity (Wildman–Crippen MR) is 99.3 cm³/mol. The number of aromatic nitrogens is 3. The molecule has 4 nitrogen and oxygen atoms in total. The molecule has 0 saturated heterocycles. The lowest BCUT2D eigenvalue weighted by Gasteiger charge is -2.14. The first kappa shape index (κ1) is 21.4. The zero-order valence-corrected chi connectivity index (χ0v) is 16.4. The van der Waals surface area contributed by atoms with E-state index in [0.29, 0.717) is 21.2 Å². The first-order valence-corrected chi connectivity index (χ1v) is 9.33. The minimum Gasteiger partial charge on any atom is -0.380 e. The summed E-state index contributed by atoms with van der Waals surface area (Å²) in [5.41, 5.74) is 0.798. The molecule has 2 aromatic carbocycles. The van der Waals surface area contributed by atoms with Gasteiger partial charge in [0, 0.05) is 19.5 Å². The Kier molecular flexibility index (Phi) is 6.06. The number of benzene rings is 2. The van der Waals surface area contributed by atoms with E-state index >= 15 is 0 Å². The lowest BCUT2D eigenvalue weighted by Crippen LogP contribution is -2.11. The van der Waals surface area contributed by atoms with Crippen LogP contribution in [0.5, 0.6) is 0 Å². The van der Waals surface area contributed by atoms with Crippen molar-refractivity contribution in [3.8, 4) is 0 Å². The Morgan fingerprint density at radius 3 is 2.41 bits per heavy atom. The number of halogens is 7. The predicted octanol–water partition coefficient (Wildman–Crippen LogP) is 6.17. The standard InChI is InChI=1S/C18H15BrF6N4/c19-15-13(26-10-11-4-1-2-5-12(11)18(23,24)25)6-7-14-16(15)27-28-29(14)9-3-8-17(20,21)22/h1-2,4-7,26H,3,8-10H2. The number of fused-ring (bicyclic) bond motifs is 1. The first-order valence-electron chi connectivity index (χ1n) is 8.54. The number of anilines is 1. The molecule has 0 amide bonds. The highest BCUT2D eigenvalue weighted by Gasteiger charge is 2.32. The van der Waals surface area contributed by atoms with Crippen molar-refractivity contribution in [3.05, 3.63) is 52.0 Å². The third-order valence-corrected chi connectivity index (χ3v) is 5.05. The lowest BCUT2D eigenvalue weighted by atomic mass is 10.1. The second-order valence-corrected chi connectivity index (χ2v) is 7.13. The molecule has 0 saturated carbocycles. The molecule has 1 aromatic heterocycles. The van der Waals surface area contributed by atoms with Crippen LogP contribution < -0.4 is 5.32 Å². The molecule has 29 heavy (non-hydrogen) atoms. The molecular formula is C18H15BrF6N4. The van der Waals surface area contributed by atoms with E-state index in [1.807, 2.05) is 0 Å². The minimum atomic E-state index is -4.46. The lowest BCUT2D eigenvalue weighted by molar-refractivity contribution is -0.138. The van der Waals surface area contributed by atoms with Crippen LogP contribution in [0.4, 0.5) is 32.0 Å². The largest absolute Gasteiger partial charge is 0.416 e. The Morgan fingerprint density at radius 1 is 1.00 bits per heavy atom. The van der Waals surface area contributed by atoms with Gasteiger partial charge in [-0.25, -0.2) is 4.68 Å². The molecule has 0 aliphatic rings. The highest BCUT2D eigenvalue weighted by molar-refractivity contribution is 9.10. The van der Waals surface area contributed by atoms with Crippen molar-refractivity contribution in [3.63, 3.8) is 0 Å². The molecule has 0 atom stereocenters. The van der Waals surface area contributed by atoms with E-state index in [9.17, 15) is 26.3 Å². The quantitative estimate of drug-likeness (QED) is 0.429. The van der Waals surface area contributed by atoms with Crippen molar-refractivity contribution in [2.45, 2.75) is 38.3 Å². The van der Waals surface area contributed by atoms with Crippen LogP contribution in [0.2, 0.25) is 0 Å². The van der Waals surface area contributed by atoms with Crippen molar-refractivity contribution < 1.29 is 26.3 Å². The molecule has 11 heteroatoms. The van der Waals surface area contributed by atoms with Gasteiger partial charge in [-0.3, -0.25) is 0 Å². The van der Waals surface area contributed by atoms with Crippen LogP contribution in [0.1, 0.15) is 24.0 Å². The zero-order chi connectivity index (χ0) is 21.2. The fraction of sp³-hybridized carbons (Fsp3) is 0.333. The smallest absolute Gasteiger partial charge is 0.380 e. The maximum absolute atomic E-state index is 13.1. The highest BCUT2D eigenvalue weighted by Crippen LogP contribution is 2.34. The van der Waals surface area contributed by atoms with E-state index in [2.05, 4.69) is 31.6 Å². The maximum atomic E-state index is 13.1. The van der Waals surface area contributed by atoms with E-state index in [0.717, 1.165) is 6.07 Å². The van der Waals surface area contributed by atoms with Crippen LogP contribution in [-0.4, -0.2) is 21.2 Å². The van der Waals surface area contributed by atoms with Crippen molar-refractivity contribution >= 4 is 32.7 Å². The first-order chi connectivity index (χ1) is 13.6. The van der Waals surface area contributed by atoms with E-state index in [4.69, 9.17) is 0 Å². The van der Waals surface area contributed by atoms with Gasteiger partial charge in [0.1, 0.15) is 5.52 Å². The Labute approximate surface area is 170 Å². The molecule has 0 unspecified atom stereocenters. The third-order valence-electron chi connectivity index (χ3n) is 4.25. The average molecular weight is 481 g/mol. The number of alkyl halides is 6. The van der Waals surface area contributed by atoms with E-state index in [1.165, 1.54) is 22.9 Å². The van der Waals surface area contributed by atoms with E-state index in [-0.39, 0.29) is 25.1 Å². The summed E-state index contributed by atoms with van der Waals surface area (Å²) in [6, 6.07) is 8.49. The third kappa shape index (κ3) is 5.20. The van der Waals surface area contributed by atoms with Gasteiger partial charge in [0.2, 0.25) is 0 Å². The molecule has 0 bridgehead atoms. The Balaban J connectivity index is 1.76. The van der Waals surface area contributed by atoms with Crippen LogP contribution >= 0.6 is 15.9 Å². The number of rotatable bonds is 6.